The molecular weight excluding hydrogens is 447 g/mol. The highest BCUT2D eigenvalue weighted by Gasteiger charge is 2.36. The van der Waals surface area contributed by atoms with Gasteiger partial charge in [0.2, 0.25) is 11.8 Å². The maximum Gasteiger partial charge on any atom is 0.422 e. The lowest BCUT2D eigenvalue weighted by atomic mass is 9.88. The molecule has 4 rings (SSSR count). The fourth-order valence-corrected chi connectivity index (χ4v) is 4.35. The fraction of sp³-hybridized carbons (Fsp3) is 0.320. The molecule has 0 saturated carbocycles. The van der Waals surface area contributed by atoms with E-state index in [-0.39, 0.29) is 18.2 Å². The third-order valence-corrected chi connectivity index (χ3v) is 6.20. The molecule has 2 heterocycles. The van der Waals surface area contributed by atoms with E-state index >= 15 is 0 Å². The maximum absolute atomic E-state index is 13.7. The Morgan fingerprint density at radius 1 is 1.21 bits per heavy atom. The quantitative estimate of drug-likeness (QED) is 0.578. The van der Waals surface area contributed by atoms with Crippen molar-refractivity contribution in [3.05, 3.63) is 65.9 Å². The van der Waals surface area contributed by atoms with Crippen LogP contribution >= 0.6 is 0 Å². The summed E-state index contributed by atoms with van der Waals surface area (Å²) in [5, 5.41) is 0.580. The predicted octanol–water partition coefficient (Wildman–Crippen LogP) is 4.39. The SMILES string of the molecule is CC(C(N)=O)[C@@H]1CCc2ccccc2N(Cc2c(OCC(F)(F)F)cnc3ccccc23)C1=O. The number of primary amides is 1. The average Bonchev–Trinajstić information content (AvgIpc) is 2.94. The first-order chi connectivity index (χ1) is 16.2. The van der Waals surface area contributed by atoms with Crippen LogP contribution in [0.3, 0.4) is 0 Å². The number of carbonyl (C=O) groups excluding carboxylic acids is 2. The van der Waals surface area contributed by atoms with Gasteiger partial charge in [0.1, 0.15) is 5.75 Å². The van der Waals surface area contributed by atoms with E-state index in [9.17, 15) is 22.8 Å². The lowest BCUT2D eigenvalue weighted by Crippen LogP contribution is -2.41. The summed E-state index contributed by atoms with van der Waals surface area (Å²) in [4.78, 5) is 31.4. The van der Waals surface area contributed by atoms with Crippen LogP contribution in [0.1, 0.15) is 24.5 Å². The molecule has 6 nitrogen and oxygen atoms in total. The van der Waals surface area contributed by atoms with Crippen LogP contribution in [0.25, 0.3) is 10.9 Å². The van der Waals surface area contributed by atoms with Crippen molar-refractivity contribution in [1.29, 1.82) is 0 Å². The number of para-hydroxylation sites is 2. The first-order valence-corrected chi connectivity index (χ1v) is 10.9. The number of alkyl halides is 3. The third kappa shape index (κ3) is 4.83. The van der Waals surface area contributed by atoms with Gasteiger partial charge in [-0.2, -0.15) is 13.2 Å². The number of nitrogens with two attached hydrogens (primary N) is 1. The van der Waals surface area contributed by atoms with Crippen molar-refractivity contribution in [3.8, 4) is 5.75 Å². The summed E-state index contributed by atoms with van der Waals surface area (Å²) >= 11 is 0. The number of nitrogens with zero attached hydrogens (tertiary/aromatic N) is 2. The summed E-state index contributed by atoms with van der Waals surface area (Å²) in [6.07, 6.45) is -2.28. The smallest absolute Gasteiger partial charge is 0.422 e. The van der Waals surface area contributed by atoms with Gasteiger partial charge in [0.15, 0.2) is 6.61 Å². The number of fused-ring (bicyclic) bond motifs is 2. The molecule has 2 atom stereocenters. The minimum Gasteiger partial charge on any atom is -0.482 e. The van der Waals surface area contributed by atoms with Crippen molar-refractivity contribution in [1.82, 2.24) is 4.98 Å². The van der Waals surface area contributed by atoms with Gasteiger partial charge in [-0.25, -0.2) is 0 Å². The summed E-state index contributed by atoms with van der Waals surface area (Å²) in [7, 11) is 0. The highest BCUT2D eigenvalue weighted by atomic mass is 19.4. The van der Waals surface area contributed by atoms with Crippen LogP contribution in [-0.4, -0.2) is 29.6 Å². The van der Waals surface area contributed by atoms with E-state index < -0.39 is 30.5 Å². The molecule has 3 aromatic rings. The zero-order valence-corrected chi connectivity index (χ0v) is 18.5. The van der Waals surface area contributed by atoms with E-state index in [0.29, 0.717) is 35.0 Å². The van der Waals surface area contributed by atoms with Crippen molar-refractivity contribution in [3.63, 3.8) is 0 Å². The van der Waals surface area contributed by atoms with Gasteiger partial charge in [-0.1, -0.05) is 43.3 Å². The number of amides is 2. The van der Waals surface area contributed by atoms with Gasteiger partial charge in [0.25, 0.3) is 0 Å². The summed E-state index contributed by atoms with van der Waals surface area (Å²) < 4.78 is 43.9. The fourth-order valence-electron chi connectivity index (χ4n) is 4.35. The van der Waals surface area contributed by atoms with Crippen LogP contribution in [0.15, 0.2) is 54.7 Å². The number of rotatable bonds is 6. The number of halogens is 3. The summed E-state index contributed by atoms with van der Waals surface area (Å²) in [6, 6.07) is 14.3. The molecule has 0 aliphatic carbocycles. The monoisotopic (exact) mass is 471 g/mol. The number of hydrogen-bond donors (Lipinski definition) is 1. The van der Waals surface area contributed by atoms with Gasteiger partial charge in [0, 0.05) is 22.6 Å². The van der Waals surface area contributed by atoms with Gasteiger partial charge >= 0.3 is 6.18 Å². The van der Waals surface area contributed by atoms with Gasteiger partial charge < -0.3 is 15.4 Å². The molecule has 1 aliphatic heterocycles. The van der Waals surface area contributed by atoms with E-state index in [1.807, 2.05) is 12.1 Å². The molecule has 2 amide bonds. The molecule has 2 N–H and O–H groups in total. The molecule has 1 aromatic heterocycles. The van der Waals surface area contributed by atoms with E-state index in [0.717, 1.165) is 5.56 Å². The van der Waals surface area contributed by atoms with Crippen molar-refractivity contribution < 1.29 is 27.5 Å². The number of benzene rings is 2. The topological polar surface area (TPSA) is 85.5 Å². The van der Waals surface area contributed by atoms with Crippen LogP contribution in [-0.2, 0) is 22.6 Å². The first-order valence-electron chi connectivity index (χ1n) is 10.9. The zero-order valence-electron chi connectivity index (χ0n) is 18.5. The van der Waals surface area contributed by atoms with Crippen molar-refractivity contribution >= 4 is 28.4 Å². The number of aromatic nitrogens is 1. The molecule has 0 saturated heterocycles. The minimum atomic E-state index is -4.53. The summed E-state index contributed by atoms with van der Waals surface area (Å²) in [6.45, 7) is 0.0959. The van der Waals surface area contributed by atoms with Crippen LogP contribution in [0, 0.1) is 11.8 Å². The summed E-state index contributed by atoms with van der Waals surface area (Å²) in [5.74, 6) is -2.28. The number of hydrogen-bond acceptors (Lipinski definition) is 4. The second kappa shape index (κ2) is 9.32. The standard InChI is InChI=1S/C25H24F3N3O3/c1-15(23(29)32)17-11-10-16-6-2-5-9-21(16)31(24(17)33)13-19-18-7-3-4-8-20(18)30-12-22(19)34-14-25(26,27)28/h2-9,12,15,17H,10-11,13-14H2,1H3,(H2,29,32)/t15?,17-/m0/s1. The van der Waals surface area contributed by atoms with Crippen molar-refractivity contribution in [2.45, 2.75) is 32.5 Å². The third-order valence-electron chi connectivity index (χ3n) is 6.20. The number of carbonyl (C=O) groups is 2. The molecule has 178 valence electrons. The second-order valence-electron chi connectivity index (χ2n) is 8.41. The Morgan fingerprint density at radius 2 is 1.91 bits per heavy atom. The molecular formula is C25H24F3N3O3. The van der Waals surface area contributed by atoms with E-state index in [2.05, 4.69) is 4.98 Å². The van der Waals surface area contributed by atoms with Crippen LogP contribution in [0.5, 0.6) is 5.75 Å². The Hall–Kier alpha value is -3.62. The number of pyridine rings is 1. The summed E-state index contributed by atoms with van der Waals surface area (Å²) in [5.41, 5.74) is 8.05. The van der Waals surface area contributed by atoms with Gasteiger partial charge in [-0.05, 0) is 30.5 Å². The van der Waals surface area contributed by atoms with E-state index in [1.54, 1.807) is 43.3 Å². The molecule has 0 bridgehead atoms. The Labute approximate surface area is 194 Å². The maximum atomic E-state index is 13.7. The van der Waals surface area contributed by atoms with Crippen molar-refractivity contribution in [2.75, 3.05) is 11.5 Å². The number of aryl methyl sites for hydroxylation is 1. The Kier molecular flexibility index (Phi) is 6.45. The minimum absolute atomic E-state index is 0.0476. The van der Waals surface area contributed by atoms with Gasteiger partial charge in [0.05, 0.1) is 24.2 Å². The normalized spacial score (nSPS) is 17.2. The van der Waals surface area contributed by atoms with Gasteiger partial charge in [-0.3, -0.25) is 14.6 Å². The highest BCUT2D eigenvalue weighted by molar-refractivity contribution is 5.99. The number of ether oxygens (including phenoxy) is 1. The van der Waals surface area contributed by atoms with Crippen molar-refractivity contribution in [2.24, 2.45) is 17.6 Å². The van der Waals surface area contributed by atoms with E-state index in [1.165, 1.54) is 11.1 Å². The highest BCUT2D eigenvalue weighted by Crippen LogP contribution is 2.36. The van der Waals surface area contributed by atoms with Crippen LogP contribution in [0.4, 0.5) is 18.9 Å². The largest absolute Gasteiger partial charge is 0.482 e. The molecule has 2 aromatic carbocycles. The van der Waals surface area contributed by atoms with Crippen LogP contribution < -0.4 is 15.4 Å². The number of anilines is 1. The van der Waals surface area contributed by atoms with E-state index in [4.69, 9.17) is 10.5 Å². The molecule has 0 radical (unpaired) electrons. The predicted molar refractivity (Wildman–Crippen MR) is 121 cm³/mol. The molecule has 0 spiro atoms. The van der Waals surface area contributed by atoms with Crippen LogP contribution in [0.2, 0.25) is 0 Å². The molecule has 0 fully saturated rings. The zero-order chi connectivity index (χ0) is 24.5. The molecule has 1 unspecified atom stereocenters. The second-order valence-corrected chi connectivity index (χ2v) is 8.41. The molecule has 1 aliphatic rings. The first kappa shape index (κ1) is 23.5. The lowest BCUT2D eigenvalue weighted by Gasteiger charge is -2.29. The molecule has 34 heavy (non-hydrogen) atoms. The Morgan fingerprint density at radius 3 is 2.65 bits per heavy atom. The Bertz CT molecular complexity index is 1230. The average molecular weight is 471 g/mol. The lowest BCUT2D eigenvalue weighted by molar-refractivity contribution is -0.153. The molecule has 9 heteroatoms. The van der Waals surface area contributed by atoms with Gasteiger partial charge in [-0.15, -0.1) is 0 Å². The Balaban J connectivity index is 1.82.